The zero-order valence-corrected chi connectivity index (χ0v) is 9.82. The molecular formula is C14H17N3. The lowest BCUT2D eigenvalue weighted by Crippen LogP contribution is -2.17. The van der Waals surface area contributed by atoms with Gasteiger partial charge in [-0.3, -0.25) is 5.41 Å². The third-order valence-electron chi connectivity index (χ3n) is 2.84. The molecule has 0 heterocycles. The highest BCUT2D eigenvalue weighted by molar-refractivity contribution is 6.10. The molecule has 0 radical (unpaired) electrons. The van der Waals surface area contributed by atoms with Gasteiger partial charge in [-0.25, -0.2) is 4.99 Å². The van der Waals surface area contributed by atoms with E-state index in [9.17, 15) is 0 Å². The Morgan fingerprint density at radius 2 is 2.12 bits per heavy atom. The normalized spacial score (nSPS) is 19.9. The zero-order valence-electron chi connectivity index (χ0n) is 9.82. The Kier molecular flexibility index (Phi) is 3.70. The summed E-state index contributed by atoms with van der Waals surface area (Å²) in [6.07, 6.45) is 16.1. The second-order valence-corrected chi connectivity index (χ2v) is 4.14. The molecule has 0 fully saturated rings. The maximum absolute atomic E-state index is 7.91. The number of hydrogen-bond acceptors (Lipinski definition) is 1. The fraction of sp³-hybridized carbons (Fsp3) is 0.286. The van der Waals surface area contributed by atoms with Crippen LogP contribution in [-0.4, -0.2) is 11.7 Å². The van der Waals surface area contributed by atoms with E-state index in [4.69, 9.17) is 11.1 Å². The summed E-state index contributed by atoms with van der Waals surface area (Å²) in [5.41, 5.74) is 7.79. The number of nitrogens with one attached hydrogen (secondary N) is 1. The molecule has 0 atom stereocenters. The number of rotatable bonds is 2. The highest BCUT2D eigenvalue weighted by Crippen LogP contribution is 2.15. The van der Waals surface area contributed by atoms with Crippen LogP contribution in [0.25, 0.3) is 0 Å². The standard InChI is InChI=1S/C14H17N3/c15-13(11-7-3-1-4-8-11)17-14(16)12-9-5-2-6-10-12/h1,3,5,7,9-10H,2,4,6,8H2,(H3,15,16,17). The molecule has 3 heteroatoms. The average Bonchev–Trinajstić information content (AvgIpc) is 2.40. The van der Waals surface area contributed by atoms with Gasteiger partial charge in [0.15, 0.2) is 0 Å². The van der Waals surface area contributed by atoms with Crippen molar-refractivity contribution in [1.29, 1.82) is 5.41 Å². The van der Waals surface area contributed by atoms with E-state index in [1.54, 1.807) is 0 Å². The van der Waals surface area contributed by atoms with E-state index in [0.29, 0.717) is 5.84 Å². The molecule has 0 saturated carbocycles. The fourth-order valence-electron chi connectivity index (χ4n) is 1.86. The van der Waals surface area contributed by atoms with Crippen LogP contribution in [0.15, 0.2) is 52.6 Å². The van der Waals surface area contributed by atoms with Gasteiger partial charge >= 0.3 is 0 Å². The van der Waals surface area contributed by atoms with Crippen molar-refractivity contribution >= 4 is 11.7 Å². The molecule has 0 aliphatic heterocycles. The minimum Gasteiger partial charge on any atom is -0.383 e. The van der Waals surface area contributed by atoms with E-state index in [1.165, 1.54) is 0 Å². The first-order valence-electron chi connectivity index (χ1n) is 5.93. The number of amidine groups is 2. The van der Waals surface area contributed by atoms with Crippen LogP contribution in [0.2, 0.25) is 0 Å². The van der Waals surface area contributed by atoms with Crippen molar-refractivity contribution < 1.29 is 0 Å². The molecule has 0 aromatic carbocycles. The van der Waals surface area contributed by atoms with Gasteiger partial charge in [-0.1, -0.05) is 36.5 Å². The summed E-state index contributed by atoms with van der Waals surface area (Å²) in [5.74, 6) is 0.730. The molecule has 2 rings (SSSR count). The molecule has 0 bridgehead atoms. The molecule has 17 heavy (non-hydrogen) atoms. The summed E-state index contributed by atoms with van der Waals surface area (Å²) in [7, 11) is 0. The summed E-state index contributed by atoms with van der Waals surface area (Å²) in [4.78, 5) is 4.18. The van der Waals surface area contributed by atoms with Crippen LogP contribution in [0.4, 0.5) is 0 Å². The van der Waals surface area contributed by atoms with Crippen LogP contribution in [0.5, 0.6) is 0 Å². The Balaban J connectivity index is 2.10. The second kappa shape index (κ2) is 5.43. The van der Waals surface area contributed by atoms with Crippen molar-refractivity contribution in [2.75, 3.05) is 0 Å². The van der Waals surface area contributed by atoms with E-state index in [-0.39, 0.29) is 5.84 Å². The topological polar surface area (TPSA) is 62.2 Å². The van der Waals surface area contributed by atoms with E-state index >= 15 is 0 Å². The van der Waals surface area contributed by atoms with Crippen molar-refractivity contribution in [2.24, 2.45) is 10.7 Å². The minimum absolute atomic E-state index is 0.284. The first-order valence-corrected chi connectivity index (χ1v) is 5.93. The number of nitrogens with zero attached hydrogens (tertiary/aromatic N) is 1. The van der Waals surface area contributed by atoms with Gasteiger partial charge in [-0.15, -0.1) is 0 Å². The van der Waals surface area contributed by atoms with Crippen molar-refractivity contribution in [3.8, 4) is 0 Å². The maximum atomic E-state index is 7.91. The number of hydrogen-bond donors (Lipinski definition) is 2. The molecule has 2 aliphatic carbocycles. The predicted octanol–water partition coefficient (Wildman–Crippen LogP) is 2.87. The van der Waals surface area contributed by atoms with Crippen molar-refractivity contribution in [3.05, 3.63) is 47.6 Å². The minimum atomic E-state index is 0.284. The van der Waals surface area contributed by atoms with Gasteiger partial charge in [-0.05, 0) is 31.3 Å². The third kappa shape index (κ3) is 3.03. The fourth-order valence-corrected chi connectivity index (χ4v) is 1.86. The van der Waals surface area contributed by atoms with Gasteiger partial charge in [-0.2, -0.15) is 0 Å². The van der Waals surface area contributed by atoms with Crippen LogP contribution < -0.4 is 5.73 Å². The number of nitrogens with two attached hydrogens (primary N) is 1. The van der Waals surface area contributed by atoms with Crippen molar-refractivity contribution in [2.45, 2.75) is 25.7 Å². The molecule has 0 unspecified atom stereocenters. The monoisotopic (exact) mass is 227 g/mol. The highest BCUT2D eigenvalue weighted by atomic mass is 14.9. The summed E-state index contributed by atoms with van der Waals surface area (Å²) < 4.78 is 0. The third-order valence-corrected chi connectivity index (χ3v) is 2.84. The summed E-state index contributed by atoms with van der Waals surface area (Å²) in [5, 5.41) is 7.91. The SMILES string of the molecule is N=C(N=C(N)C1=CCCC=C1)C1=CC=CCC1. The van der Waals surface area contributed by atoms with Crippen LogP contribution in [0, 0.1) is 5.41 Å². The van der Waals surface area contributed by atoms with Crippen molar-refractivity contribution in [3.63, 3.8) is 0 Å². The highest BCUT2D eigenvalue weighted by Gasteiger charge is 2.08. The average molecular weight is 227 g/mol. The lowest BCUT2D eigenvalue weighted by atomic mass is 10.0. The number of aliphatic imine (C=N–C) groups is 1. The Hall–Kier alpha value is -1.90. The molecule has 0 amide bonds. The summed E-state index contributed by atoms with van der Waals surface area (Å²) >= 11 is 0. The van der Waals surface area contributed by atoms with Gasteiger partial charge < -0.3 is 5.73 Å². The van der Waals surface area contributed by atoms with Crippen LogP contribution in [-0.2, 0) is 0 Å². The Morgan fingerprint density at radius 1 is 1.24 bits per heavy atom. The molecule has 0 saturated heterocycles. The Bertz CT molecular complexity index is 462. The summed E-state index contributed by atoms with van der Waals surface area (Å²) in [6, 6.07) is 0. The first-order chi connectivity index (χ1) is 8.27. The lowest BCUT2D eigenvalue weighted by Gasteiger charge is -2.09. The molecule has 0 spiro atoms. The van der Waals surface area contributed by atoms with Crippen LogP contribution in [0.3, 0.4) is 0 Å². The zero-order chi connectivity index (χ0) is 12.1. The van der Waals surface area contributed by atoms with Gasteiger partial charge in [0, 0.05) is 5.57 Å². The van der Waals surface area contributed by atoms with Gasteiger partial charge in [0.1, 0.15) is 11.7 Å². The van der Waals surface area contributed by atoms with E-state index in [0.717, 1.165) is 36.8 Å². The molecule has 3 N–H and O–H groups in total. The maximum Gasteiger partial charge on any atom is 0.150 e. The molecule has 88 valence electrons. The molecular weight excluding hydrogens is 210 g/mol. The van der Waals surface area contributed by atoms with Gasteiger partial charge in [0.2, 0.25) is 0 Å². The Morgan fingerprint density at radius 3 is 2.76 bits per heavy atom. The first kappa shape index (κ1) is 11.6. The molecule has 0 aromatic heterocycles. The van der Waals surface area contributed by atoms with E-state index < -0.39 is 0 Å². The quantitative estimate of drug-likeness (QED) is 0.553. The van der Waals surface area contributed by atoms with E-state index in [2.05, 4.69) is 23.2 Å². The largest absolute Gasteiger partial charge is 0.383 e. The summed E-state index contributed by atoms with van der Waals surface area (Å²) in [6.45, 7) is 0. The van der Waals surface area contributed by atoms with Gasteiger partial charge in [0.25, 0.3) is 0 Å². The van der Waals surface area contributed by atoms with Crippen LogP contribution >= 0.6 is 0 Å². The Labute approximate surface area is 102 Å². The van der Waals surface area contributed by atoms with E-state index in [1.807, 2.05) is 18.2 Å². The second-order valence-electron chi connectivity index (χ2n) is 4.14. The lowest BCUT2D eigenvalue weighted by molar-refractivity contribution is 0.996. The molecule has 3 nitrogen and oxygen atoms in total. The van der Waals surface area contributed by atoms with Crippen molar-refractivity contribution in [1.82, 2.24) is 0 Å². The molecule has 2 aliphatic rings. The van der Waals surface area contributed by atoms with Crippen LogP contribution in [0.1, 0.15) is 25.7 Å². The molecule has 0 aromatic rings. The predicted molar refractivity (Wildman–Crippen MR) is 72.3 cm³/mol. The smallest absolute Gasteiger partial charge is 0.150 e. The van der Waals surface area contributed by atoms with Gasteiger partial charge in [0.05, 0.1) is 0 Å². The number of allylic oxidation sites excluding steroid dienone is 5.